The van der Waals surface area contributed by atoms with Crippen molar-refractivity contribution in [1.29, 1.82) is 0 Å². The minimum atomic E-state index is -4.31. The zero-order chi connectivity index (χ0) is 15.3. The molecule has 0 saturated heterocycles. The predicted octanol–water partition coefficient (Wildman–Crippen LogP) is -0.182. The van der Waals surface area contributed by atoms with E-state index < -0.39 is 19.4 Å². The first-order valence-corrected chi connectivity index (χ1v) is 7.96. The quantitative estimate of drug-likeness (QED) is 0.450. The summed E-state index contributed by atoms with van der Waals surface area (Å²) in [7, 11) is -4.31. The van der Waals surface area contributed by atoms with Gasteiger partial charge in [-0.1, -0.05) is 12.2 Å². The molecule has 0 radical (unpaired) electrons. The number of hydrogen-bond acceptors (Lipinski definition) is 6. The van der Waals surface area contributed by atoms with Crippen molar-refractivity contribution in [2.45, 2.75) is 18.1 Å². The van der Waals surface area contributed by atoms with E-state index in [1.54, 1.807) is 10.6 Å². The number of nitrogen functional groups attached to an aromatic ring is 1. The first-order chi connectivity index (χ1) is 9.77. The fraction of sp³-hybridized carbons (Fsp3) is 0.364. The second-order valence-electron chi connectivity index (χ2n) is 5.14. The summed E-state index contributed by atoms with van der Waals surface area (Å²) >= 11 is 0. The van der Waals surface area contributed by atoms with Gasteiger partial charge in [0.1, 0.15) is 11.8 Å². The third-order valence-electron chi connectivity index (χ3n) is 3.42. The van der Waals surface area contributed by atoms with Gasteiger partial charge < -0.3 is 25.2 Å². The predicted molar refractivity (Wildman–Crippen MR) is 74.4 cm³/mol. The molecule has 112 valence electrons. The molecule has 2 atom stereocenters. The fourth-order valence-corrected chi connectivity index (χ4v) is 3.51. The van der Waals surface area contributed by atoms with Crippen LogP contribution in [-0.4, -0.2) is 46.2 Å². The lowest BCUT2D eigenvalue weighted by atomic mass is 10.1. The zero-order valence-corrected chi connectivity index (χ0v) is 11.8. The number of rotatable bonds is 3. The molecule has 0 fully saturated rings. The van der Waals surface area contributed by atoms with Gasteiger partial charge in [-0.2, -0.15) is 0 Å². The van der Waals surface area contributed by atoms with Crippen LogP contribution in [0.5, 0.6) is 0 Å². The number of nitrogens with zero attached hydrogens (tertiary/aromatic N) is 4. The molecule has 1 aliphatic rings. The lowest BCUT2D eigenvalue weighted by Gasteiger charge is -2.23. The monoisotopic (exact) mass is 311 g/mol. The third kappa shape index (κ3) is 2.68. The highest BCUT2D eigenvalue weighted by Crippen LogP contribution is 2.44. The van der Waals surface area contributed by atoms with Crippen LogP contribution in [0.1, 0.15) is 12.5 Å². The summed E-state index contributed by atoms with van der Waals surface area (Å²) in [4.78, 5) is 30.1. The van der Waals surface area contributed by atoms with E-state index in [0.717, 1.165) is 0 Å². The summed E-state index contributed by atoms with van der Waals surface area (Å²) in [5, 5.41) is 10.3. The van der Waals surface area contributed by atoms with E-state index in [9.17, 15) is 9.67 Å². The van der Waals surface area contributed by atoms with Crippen molar-refractivity contribution in [3.8, 4) is 0 Å². The van der Waals surface area contributed by atoms with E-state index in [1.165, 1.54) is 18.7 Å². The molecule has 0 aromatic carbocycles. The molecule has 0 aliphatic heterocycles. The average molecular weight is 311 g/mol. The summed E-state index contributed by atoms with van der Waals surface area (Å²) in [6.07, 6.45) is 5.44. The van der Waals surface area contributed by atoms with Crippen molar-refractivity contribution in [3.63, 3.8) is 0 Å². The number of allylic oxidation sites excluding steroid dienone is 1. The Labute approximate surface area is 119 Å². The molecular formula is C11H14N5O4P. The lowest BCUT2D eigenvalue weighted by molar-refractivity contribution is 0.0999. The Morgan fingerprint density at radius 3 is 2.90 bits per heavy atom. The van der Waals surface area contributed by atoms with E-state index in [4.69, 9.17) is 15.5 Å². The Bertz CT molecular complexity index is 769. The van der Waals surface area contributed by atoms with Crippen LogP contribution in [0, 0.1) is 0 Å². The second kappa shape index (κ2) is 4.60. The smallest absolute Gasteiger partial charge is 0.328 e. The molecule has 2 heterocycles. The van der Waals surface area contributed by atoms with Gasteiger partial charge in [-0.3, -0.25) is 4.57 Å². The topological polar surface area (TPSA) is 147 Å². The molecule has 2 aromatic heterocycles. The van der Waals surface area contributed by atoms with Crippen molar-refractivity contribution in [1.82, 2.24) is 19.5 Å². The molecule has 0 unspecified atom stereocenters. The Balaban J connectivity index is 1.91. The van der Waals surface area contributed by atoms with Crippen molar-refractivity contribution >= 4 is 24.6 Å². The van der Waals surface area contributed by atoms with E-state index >= 15 is 0 Å². The first kappa shape index (κ1) is 14.2. The summed E-state index contributed by atoms with van der Waals surface area (Å²) < 4.78 is 12.8. The van der Waals surface area contributed by atoms with Crippen LogP contribution in [0.3, 0.4) is 0 Å². The van der Waals surface area contributed by atoms with Crippen molar-refractivity contribution in [2.24, 2.45) is 0 Å². The van der Waals surface area contributed by atoms with Crippen LogP contribution >= 0.6 is 7.60 Å². The van der Waals surface area contributed by atoms with Crippen molar-refractivity contribution in [3.05, 3.63) is 24.8 Å². The Morgan fingerprint density at radius 2 is 2.19 bits per heavy atom. The van der Waals surface area contributed by atoms with Crippen LogP contribution in [-0.2, 0) is 4.57 Å². The molecular weight excluding hydrogens is 297 g/mol. The molecule has 9 nitrogen and oxygen atoms in total. The molecule has 1 aliphatic carbocycles. The number of aromatic nitrogens is 4. The van der Waals surface area contributed by atoms with Crippen LogP contribution < -0.4 is 5.73 Å². The highest BCUT2D eigenvalue weighted by atomic mass is 31.2. The van der Waals surface area contributed by atoms with Crippen LogP contribution in [0.2, 0.25) is 0 Å². The average Bonchev–Trinajstić information content (AvgIpc) is 2.91. The number of hydrogen-bond donors (Lipinski definition) is 4. The number of fused-ring (bicyclic) bond motifs is 1. The van der Waals surface area contributed by atoms with Gasteiger partial charge in [0.2, 0.25) is 0 Å². The highest BCUT2D eigenvalue weighted by molar-refractivity contribution is 7.51. The van der Waals surface area contributed by atoms with Gasteiger partial charge >= 0.3 is 7.60 Å². The number of anilines is 1. The Hall–Kier alpha value is -1.80. The Kier molecular flexibility index (Phi) is 3.10. The van der Waals surface area contributed by atoms with Gasteiger partial charge in [0.05, 0.1) is 24.1 Å². The molecule has 10 heteroatoms. The van der Waals surface area contributed by atoms with Crippen LogP contribution in [0.25, 0.3) is 11.2 Å². The summed E-state index contributed by atoms with van der Waals surface area (Å²) in [5.41, 5.74) is 5.13. The summed E-state index contributed by atoms with van der Waals surface area (Å²) in [6.45, 7) is 0. The number of imidazole rings is 1. The molecule has 3 rings (SSSR count). The molecule has 5 N–H and O–H groups in total. The van der Waals surface area contributed by atoms with E-state index in [-0.39, 0.29) is 18.3 Å². The molecule has 0 bridgehead atoms. The van der Waals surface area contributed by atoms with Crippen molar-refractivity contribution in [2.75, 3.05) is 11.9 Å². The lowest BCUT2D eigenvalue weighted by Crippen LogP contribution is -2.29. The van der Waals surface area contributed by atoms with Crippen molar-refractivity contribution < 1.29 is 19.5 Å². The summed E-state index contributed by atoms with van der Waals surface area (Å²) in [5.74, 6) is 0.256. The molecule has 0 spiro atoms. The van der Waals surface area contributed by atoms with E-state index in [0.29, 0.717) is 11.2 Å². The minimum absolute atomic E-state index is 0.132. The zero-order valence-electron chi connectivity index (χ0n) is 10.9. The number of nitrogens with two attached hydrogens (primary N) is 1. The molecule has 2 aromatic rings. The minimum Gasteiger partial charge on any atom is -0.385 e. The van der Waals surface area contributed by atoms with Gasteiger partial charge in [-0.05, 0) is 0 Å². The van der Waals surface area contributed by atoms with E-state index in [2.05, 4.69) is 15.0 Å². The highest BCUT2D eigenvalue weighted by Gasteiger charge is 2.39. The maximum Gasteiger partial charge on any atom is 0.328 e. The first-order valence-electron chi connectivity index (χ1n) is 6.17. The van der Waals surface area contributed by atoms with Gasteiger partial charge in [0.25, 0.3) is 0 Å². The molecule has 0 saturated carbocycles. The number of aliphatic hydroxyl groups is 1. The normalized spacial score (nSPS) is 25.8. The SMILES string of the molecule is Nc1ncnc2c1ncn2[C@H]1C=C[C@@](O)(CP(=O)(O)O)C1. The van der Waals surface area contributed by atoms with Crippen LogP contribution in [0.15, 0.2) is 24.8 Å². The van der Waals surface area contributed by atoms with Gasteiger partial charge in [0.15, 0.2) is 11.5 Å². The van der Waals surface area contributed by atoms with E-state index in [1.807, 2.05) is 0 Å². The van der Waals surface area contributed by atoms with Gasteiger partial charge in [-0.25, -0.2) is 15.0 Å². The maximum atomic E-state index is 11.1. The maximum absolute atomic E-state index is 11.1. The summed E-state index contributed by atoms with van der Waals surface area (Å²) in [6, 6.07) is -0.305. The van der Waals surface area contributed by atoms with Crippen LogP contribution in [0.4, 0.5) is 5.82 Å². The molecule has 21 heavy (non-hydrogen) atoms. The second-order valence-corrected chi connectivity index (χ2v) is 6.79. The fourth-order valence-electron chi connectivity index (χ4n) is 2.57. The Morgan fingerprint density at radius 1 is 1.43 bits per heavy atom. The van der Waals surface area contributed by atoms with Gasteiger partial charge in [-0.15, -0.1) is 0 Å². The standard InChI is InChI=1S/C11H14N5O4P/c12-9-8-10(14-5-13-9)16(6-15-8)7-1-2-11(17,3-7)4-21(18,19)20/h1-2,5-7,17H,3-4H2,(H2,12,13,14)(H2,18,19,20)/t7-,11-/m0/s1. The third-order valence-corrected chi connectivity index (χ3v) is 4.37. The van der Waals surface area contributed by atoms with Gasteiger partial charge in [0, 0.05) is 6.42 Å². The molecule has 0 amide bonds. The largest absolute Gasteiger partial charge is 0.385 e.